The Hall–Kier alpha value is -3.74. The standard InChI is InChI=1S/C23H24N6O/c1-15-26-22(21(24)30)27-29(15)20-11-9-19(10-12-20)23(2,3)18-7-5-16(6-8-18)17-13-25-28(4)14-17/h5-14H,1-4H3,(H2,24,30). The summed E-state index contributed by atoms with van der Waals surface area (Å²) in [6, 6.07) is 16.7. The molecule has 4 aromatic rings. The van der Waals surface area contributed by atoms with Gasteiger partial charge in [0.25, 0.3) is 5.91 Å². The number of aryl methyl sites for hydroxylation is 2. The zero-order valence-corrected chi connectivity index (χ0v) is 17.5. The Kier molecular flexibility index (Phi) is 4.73. The van der Waals surface area contributed by atoms with Crippen molar-refractivity contribution in [2.24, 2.45) is 12.8 Å². The van der Waals surface area contributed by atoms with Crippen LogP contribution in [0.3, 0.4) is 0 Å². The quantitative estimate of drug-likeness (QED) is 0.556. The summed E-state index contributed by atoms with van der Waals surface area (Å²) < 4.78 is 3.43. The van der Waals surface area contributed by atoms with E-state index < -0.39 is 5.91 Å². The van der Waals surface area contributed by atoms with Gasteiger partial charge in [0.2, 0.25) is 5.82 Å². The molecule has 2 heterocycles. The molecule has 2 N–H and O–H groups in total. The molecule has 0 aliphatic heterocycles. The van der Waals surface area contributed by atoms with Crippen molar-refractivity contribution in [3.05, 3.63) is 83.7 Å². The lowest BCUT2D eigenvalue weighted by molar-refractivity contribution is 0.0990. The number of primary amides is 1. The number of nitrogens with two attached hydrogens (primary N) is 1. The molecule has 0 aliphatic rings. The highest BCUT2D eigenvalue weighted by atomic mass is 16.1. The summed E-state index contributed by atoms with van der Waals surface area (Å²) >= 11 is 0. The van der Waals surface area contributed by atoms with Crippen molar-refractivity contribution in [2.45, 2.75) is 26.2 Å². The minimum atomic E-state index is -0.635. The maximum atomic E-state index is 11.3. The summed E-state index contributed by atoms with van der Waals surface area (Å²) in [5.41, 5.74) is 10.6. The van der Waals surface area contributed by atoms with Crippen molar-refractivity contribution in [1.82, 2.24) is 24.5 Å². The minimum Gasteiger partial charge on any atom is -0.363 e. The molecule has 0 spiro atoms. The van der Waals surface area contributed by atoms with Crippen LogP contribution in [0.1, 0.15) is 41.4 Å². The van der Waals surface area contributed by atoms with Gasteiger partial charge in [-0.05, 0) is 35.7 Å². The molecule has 0 saturated carbocycles. The molecule has 0 unspecified atom stereocenters. The molecule has 0 aliphatic carbocycles. The van der Waals surface area contributed by atoms with E-state index in [9.17, 15) is 4.79 Å². The number of carbonyl (C=O) groups excluding carboxylic acids is 1. The smallest absolute Gasteiger partial charge is 0.288 e. The second-order valence-electron chi connectivity index (χ2n) is 7.91. The van der Waals surface area contributed by atoms with Crippen LogP contribution in [-0.4, -0.2) is 30.5 Å². The molecule has 0 atom stereocenters. The van der Waals surface area contributed by atoms with E-state index in [0.29, 0.717) is 5.82 Å². The van der Waals surface area contributed by atoms with Gasteiger partial charge in [-0.15, -0.1) is 5.10 Å². The van der Waals surface area contributed by atoms with Crippen LogP contribution in [0.25, 0.3) is 16.8 Å². The highest BCUT2D eigenvalue weighted by Gasteiger charge is 2.23. The van der Waals surface area contributed by atoms with Gasteiger partial charge in [0.05, 0.1) is 11.9 Å². The van der Waals surface area contributed by atoms with Crippen LogP contribution in [-0.2, 0) is 12.5 Å². The summed E-state index contributed by atoms with van der Waals surface area (Å²) in [7, 11) is 1.92. The Morgan fingerprint density at radius 3 is 2.07 bits per heavy atom. The second kappa shape index (κ2) is 7.26. The van der Waals surface area contributed by atoms with Crippen LogP contribution in [0.15, 0.2) is 60.9 Å². The van der Waals surface area contributed by atoms with E-state index >= 15 is 0 Å². The summed E-state index contributed by atoms with van der Waals surface area (Å²) in [4.78, 5) is 15.4. The maximum absolute atomic E-state index is 11.3. The lowest BCUT2D eigenvalue weighted by Gasteiger charge is -2.26. The van der Waals surface area contributed by atoms with Gasteiger partial charge in [-0.1, -0.05) is 50.2 Å². The van der Waals surface area contributed by atoms with Crippen molar-refractivity contribution in [3.63, 3.8) is 0 Å². The van der Waals surface area contributed by atoms with Crippen LogP contribution >= 0.6 is 0 Å². The molecule has 152 valence electrons. The van der Waals surface area contributed by atoms with Crippen LogP contribution in [0.5, 0.6) is 0 Å². The van der Waals surface area contributed by atoms with Gasteiger partial charge < -0.3 is 5.73 Å². The van der Waals surface area contributed by atoms with Crippen molar-refractivity contribution in [1.29, 1.82) is 0 Å². The van der Waals surface area contributed by atoms with Crippen molar-refractivity contribution >= 4 is 5.91 Å². The number of amides is 1. The number of rotatable bonds is 5. The largest absolute Gasteiger partial charge is 0.363 e. The van der Waals surface area contributed by atoms with Gasteiger partial charge in [0.15, 0.2) is 0 Å². The maximum Gasteiger partial charge on any atom is 0.288 e. The fourth-order valence-corrected chi connectivity index (χ4v) is 3.57. The monoisotopic (exact) mass is 400 g/mol. The van der Waals surface area contributed by atoms with Gasteiger partial charge in [0.1, 0.15) is 5.82 Å². The molecular formula is C23H24N6O. The van der Waals surface area contributed by atoms with Crippen molar-refractivity contribution in [2.75, 3.05) is 0 Å². The molecule has 2 aromatic heterocycles. The lowest BCUT2D eigenvalue weighted by atomic mass is 9.78. The molecule has 7 nitrogen and oxygen atoms in total. The third kappa shape index (κ3) is 3.50. The number of carbonyl (C=O) groups is 1. The van der Waals surface area contributed by atoms with Crippen LogP contribution < -0.4 is 5.73 Å². The molecule has 4 rings (SSSR count). The first-order chi connectivity index (χ1) is 14.3. The molecule has 0 radical (unpaired) electrons. The van der Waals surface area contributed by atoms with E-state index in [4.69, 9.17) is 5.73 Å². The topological polar surface area (TPSA) is 91.6 Å². The van der Waals surface area contributed by atoms with Crippen molar-refractivity contribution < 1.29 is 4.79 Å². The number of hydrogen-bond acceptors (Lipinski definition) is 4. The third-order valence-electron chi connectivity index (χ3n) is 5.47. The zero-order chi connectivity index (χ0) is 21.5. The van der Waals surface area contributed by atoms with E-state index in [2.05, 4.69) is 65.4 Å². The molecule has 7 heteroatoms. The van der Waals surface area contributed by atoms with Gasteiger partial charge in [-0.3, -0.25) is 9.48 Å². The summed E-state index contributed by atoms with van der Waals surface area (Å²) in [6.07, 6.45) is 3.88. The molecular weight excluding hydrogens is 376 g/mol. The second-order valence-corrected chi connectivity index (χ2v) is 7.91. The summed E-state index contributed by atoms with van der Waals surface area (Å²) in [5.74, 6) is -0.00301. The predicted molar refractivity (Wildman–Crippen MR) is 115 cm³/mol. The Bertz CT molecular complexity index is 1200. The first-order valence-corrected chi connectivity index (χ1v) is 9.69. The number of benzene rings is 2. The predicted octanol–water partition coefficient (Wildman–Crippen LogP) is 3.40. The number of hydrogen-bond donors (Lipinski definition) is 1. The Labute approximate surface area is 175 Å². The highest BCUT2D eigenvalue weighted by Crippen LogP contribution is 2.33. The highest BCUT2D eigenvalue weighted by molar-refractivity contribution is 5.88. The SMILES string of the molecule is Cc1nc(C(N)=O)nn1-c1ccc(C(C)(C)c2ccc(-c3cnn(C)c3)cc2)cc1. The van der Waals surface area contributed by atoms with E-state index in [1.54, 1.807) is 16.3 Å². The first kappa shape index (κ1) is 19.6. The van der Waals surface area contributed by atoms with E-state index in [0.717, 1.165) is 16.8 Å². The lowest BCUT2D eigenvalue weighted by Crippen LogP contribution is -2.19. The van der Waals surface area contributed by atoms with E-state index in [1.807, 2.05) is 31.6 Å². The molecule has 0 saturated heterocycles. The average Bonchev–Trinajstić information content (AvgIpc) is 3.34. The summed E-state index contributed by atoms with van der Waals surface area (Å²) in [6.45, 7) is 6.20. The Morgan fingerprint density at radius 1 is 0.967 bits per heavy atom. The third-order valence-corrected chi connectivity index (χ3v) is 5.47. The first-order valence-electron chi connectivity index (χ1n) is 9.69. The molecule has 0 bridgehead atoms. The van der Waals surface area contributed by atoms with Gasteiger partial charge in [-0.2, -0.15) is 5.10 Å². The molecule has 1 amide bonds. The normalized spacial score (nSPS) is 11.6. The minimum absolute atomic E-state index is 0.0191. The van der Waals surface area contributed by atoms with Crippen LogP contribution in [0, 0.1) is 6.92 Å². The average molecular weight is 400 g/mol. The van der Waals surface area contributed by atoms with Gasteiger partial charge in [0, 0.05) is 24.2 Å². The Balaban J connectivity index is 1.61. The molecule has 0 fully saturated rings. The van der Waals surface area contributed by atoms with Gasteiger partial charge >= 0.3 is 0 Å². The molecule has 30 heavy (non-hydrogen) atoms. The summed E-state index contributed by atoms with van der Waals surface area (Å²) in [5, 5.41) is 8.44. The molecule has 2 aromatic carbocycles. The van der Waals surface area contributed by atoms with E-state index in [-0.39, 0.29) is 11.2 Å². The van der Waals surface area contributed by atoms with E-state index in [1.165, 1.54) is 11.1 Å². The fraction of sp³-hybridized carbons (Fsp3) is 0.217. The van der Waals surface area contributed by atoms with Crippen LogP contribution in [0.4, 0.5) is 0 Å². The fourth-order valence-electron chi connectivity index (χ4n) is 3.57. The zero-order valence-electron chi connectivity index (χ0n) is 17.5. The van der Waals surface area contributed by atoms with Crippen molar-refractivity contribution in [3.8, 4) is 16.8 Å². The number of aromatic nitrogens is 5. The van der Waals surface area contributed by atoms with Crippen LogP contribution in [0.2, 0.25) is 0 Å². The van der Waals surface area contributed by atoms with Gasteiger partial charge in [-0.25, -0.2) is 9.67 Å². The Morgan fingerprint density at radius 2 is 1.57 bits per heavy atom. The number of nitrogens with zero attached hydrogens (tertiary/aromatic N) is 5.